The van der Waals surface area contributed by atoms with Gasteiger partial charge in [-0.2, -0.15) is 0 Å². The van der Waals surface area contributed by atoms with E-state index in [1.807, 2.05) is 12.1 Å². The van der Waals surface area contributed by atoms with Crippen LogP contribution in [0.15, 0.2) is 60.7 Å². The number of rotatable bonds is 5. The molecule has 0 saturated heterocycles. The van der Waals surface area contributed by atoms with Crippen LogP contribution < -0.4 is 10.6 Å². The van der Waals surface area contributed by atoms with Crippen LogP contribution >= 0.6 is 11.6 Å². The molecule has 1 heterocycles. The molecule has 0 radical (unpaired) electrons. The van der Waals surface area contributed by atoms with Crippen LogP contribution in [0.5, 0.6) is 0 Å². The highest BCUT2D eigenvalue weighted by Gasteiger charge is 2.11. The van der Waals surface area contributed by atoms with Crippen molar-refractivity contribution in [2.45, 2.75) is 0 Å². The van der Waals surface area contributed by atoms with Gasteiger partial charge in [0.25, 0.3) is 5.91 Å². The molecule has 0 aliphatic heterocycles. The van der Waals surface area contributed by atoms with Crippen LogP contribution in [0.25, 0.3) is 0 Å². The summed E-state index contributed by atoms with van der Waals surface area (Å²) < 4.78 is 4.66. The summed E-state index contributed by atoms with van der Waals surface area (Å²) in [6, 6.07) is 16.7. The number of carbonyl (C=O) groups is 2. The highest BCUT2D eigenvalue weighted by Crippen LogP contribution is 2.18. The molecule has 3 rings (SSSR count). The molecule has 0 aliphatic carbocycles. The highest BCUT2D eigenvalue weighted by atomic mass is 35.5. The summed E-state index contributed by atoms with van der Waals surface area (Å²) in [4.78, 5) is 23.9. The normalized spacial score (nSPS) is 10.1. The Morgan fingerprint density at radius 2 is 1.74 bits per heavy atom. The van der Waals surface area contributed by atoms with Gasteiger partial charge in [0.2, 0.25) is 0 Å². The van der Waals surface area contributed by atoms with Gasteiger partial charge in [0, 0.05) is 16.4 Å². The van der Waals surface area contributed by atoms with Crippen molar-refractivity contribution >= 4 is 40.7 Å². The third kappa shape index (κ3) is 4.80. The Hall–Kier alpha value is -3.45. The van der Waals surface area contributed by atoms with E-state index in [-0.39, 0.29) is 5.69 Å². The molecule has 8 heteroatoms. The Morgan fingerprint density at radius 3 is 2.44 bits per heavy atom. The maximum Gasteiger partial charge on any atom is 0.337 e. The maximum atomic E-state index is 12.3. The number of methoxy groups -OCH3 is 1. The molecule has 1 aromatic heterocycles. The molecule has 1 amide bonds. The average Bonchev–Trinajstić information content (AvgIpc) is 2.68. The number of hydrogen-bond acceptors (Lipinski definition) is 6. The Balaban J connectivity index is 1.68. The highest BCUT2D eigenvalue weighted by molar-refractivity contribution is 6.30. The average molecular weight is 383 g/mol. The van der Waals surface area contributed by atoms with Gasteiger partial charge in [-0.05, 0) is 48.5 Å². The summed E-state index contributed by atoms with van der Waals surface area (Å²) in [5.74, 6) is -0.456. The smallest absolute Gasteiger partial charge is 0.337 e. The second-order valence-electron chi connectivity index (χ2n) is 5.47. The lowest BCUT2D eigenvalue weighted by Crippen LogP contribution is -2.15. The fraction of sp³-hybridized carbons (Fsp3) is 0.0526. The van der Waals surface area contributed by atoms with E-state index in [2.05, 4.69) is 25.6 Å². The molecule has 3 aromatic rings. The third-order valence-electron chi connectivity index (χ3n) is 3.54. The molecule has 0 atom stereocenters. The van der Waals surface area contributed by atoms with Gasteiger partial charge < -0.3 is 15.4 Å². The van der Waals surface area contributed by atoms with Gasteiger partial charge in [0.05, 0.1) is 12.7 Å². The van der Waals surface area contributed by atoms with Gasteiger partial charge in [-0.1, -0.05) is 23.7 Å². The van der Waals surface area contributed by atoms with Crippen molar-refractivity contribution < 1.29 is 14.3 Å². The standard InChI is InChI=1S/C19H15ClN4O3/c1-27-19(26)12-4-2-6-14(10-12)22-18(25)16-8-9-17(24-23-16)21-15-7-3-5-13(20)11-15/h2-11H,1H3,(H,21,24)(H,22,25). The molecule has 0 spiro atoms. The van der Waals surface area contributed by atoms with E-state index >= 15 is 0 Å². The number of benzene rings is 2. The quantitative estimate of drug-likeness (QED) is 0.650. The molecule has 0 bridgehead atoms. The lowest BCUT2D eigenvalue weighted by molar-refractivity contribution is 0.0600. The fourth-order valence-corrected chi connectivity index (χ4v) is 2.46. The molecule has 0 saturated carbocycles. The van der Waals surface area contributed by atoms with E-state index in [0.717, 1.165) is 5.69 Å². The number of nitrogens with one attached hydrogen (secondary N) is 2. The Labute approximate surface area is 160 Å². The van der Waals surface area contributed by atoms with Crippen LogP contribution in [0, 0.1) is 0 Å². The lowest BCUT2D eigenvalue weighted by atomic mass is 10.2. The van der Waals surface area contributed by atoms with E-state index in [0.29, 0.717) is 22.1 Å². The largest absolute Gasteiger partial charge is 0.465 e. The Morgan fingerprint density at radius 1 is 0.963 bits per heavy atom. The second kappa shape index (κ2) is 8.29. The van der Waals surface area contributed by atoms with Crippen LogP contribution in [0.3, 0.4) is 0 Å². The predicted molar refractivity (Wildman–Crippen MR) is 103 cm³/mol. The number of carbonyl (C=O) groups excluding carboxylic acids is 2. The minimum absolute atomic E-state index is 0.134. The number of anilines is 3. The number of esters is 1. The van der Waals surface area contributed by atoms with E-state index in [1.165, 1.54) is 13.2 Å². The van der Waals surface area contributed by atoms with Crippen molar-refractivity contribution in [3.05, 3.63) is 76.9 Å². The van der Waals surface area contributed by atoms with Crippen molar-refractivity contribution in [2.24, 2.45) is 0 Å². The summed E-state index contributed by atoms with van der Waals surface area (Å²) in [5.41, 5.74) is 1.68. The molecule has 0 fully saturated rings. The number of amides is 1. The zero-order valence-electron chi connectivity index (χ0n) is 14.3. The van der Waals surface area contributed by atoms with Gasteiger partial charge in [-0.3, -0.25) is 4.79 Å². The van der Waals surface area contributed by atoms with Gasteiger partial charge in [0.1, 0.15) is 0 Å². The minimum Gasteiger partial charge on any atom is -0.465 e. The molecule has 136 valence electrons. The number of nitrogens with zero attached hydrogens (tertiary/aromatic N) is 2. The van der Waals surface area contributed by atoms with Gasteiger partial charge in [-0.25, -0.2) is 4.79 Å². The van der Waals surface area contributed by atoms with Gasteiger partial charge in [0.15, 0.2) is 11.5 Å². The van der Waals surface area contributed by atoms with Crippen LogP contribution in [0.4, 0.5) is 17.2 Å². The first kappa shape index (κ1) is 18.3. The van der Waals surface area contributed by atoms with Crippen LogP contribution in [0.1, 0.15) is 20.8 Å². The van der Waals surface area contributed by atoms with Crippen molar-refractivity contribution in [1.82, 2.24) is 10.2 Å². The zero-order valence-corrected chi connectivity index (χ0v) is 15.0. The number of halogens is 1. The molecule has 7 nitrogen and oxygen atoms in total. The van der Waals surface area contributed by atoms with Gasteiger partial charge in [-0.15, -0.1) is 10.2 Å². The van der Waals surface area contributed by atoms with Crippen LogP contribution in [0.2, 0.25) is 5.02 Å². The van der Waals surface area contributed by atoms with Crippen molar-refractivity contribution in [1.29, 1.82) is 0 Å². The predicted octanol–water partition coefficient (Wildman–Crippen LogP) is 3.91. The van der Waals surface area contributed by atoms with E-state index in [9.17, 15) is 9.59 Å². The van der Waals surface area contributed by atoms with E-state index < -0.39 is 11.9 Å². The Bertz CT molecular complexity index is 977. The van der Waals surface area contributed by atoms with Crippen LogP contribution in [-0.2, 0) is 4.74 Å². The monoisotopic (exact) mass is 382 g/mol. The SMILES string of the molecule is COC(=O)c1cccc(NC(=O)c2ccc(Nc3cccc(Cl)c3)nn2)c1. The molecule has 0 unspecified atom stereocenters. The number of ether oxygens (including phenoxy) is 1. The fourth-order valence-electron chi connectivity index (χ4n) is 2.27. The molecule has 2 aromatic carbocycles. The third-order valence-corrected chi connectivity index (χ3v) is 3.77. The summed E-state index contributed by atoms with van der Waals surface area (Å²) >= 11 is 5.94. The van der Waals surface area contributed by atoms with Crippen molar-refractivity contribution in [3.63, 3.8) is 0 Å². The Kier molecular flexibility index (Phi) is 5.63. The molecule has 0 aliphatic rings. The molecular formula is C19H15ClN4O3. The first-order valence-corrected chi connectivity index (χ1v) is 8.29. The number of hydrogen-bond donors (Lipinski definition) is 2. The maximum absolute atomic E-state index is 12.3. The lowest BCUT2D eigenvalue weighted by Gasteiger charge is -2.07. The summed E-state index contributed by atoms with van der Waals surface area (Å²) in [6.07, 6.45) is 0. The molecular weight excluding hydrogens is 368 g/mol. The second-order valence-corrected chi connectivity index (χ2v) is 5.90. The first-order valence-electron chi connectivity index (χ1n) is 7.91. The summed E-state index contributed by atoms with van der Waals surface area (Å²) in [7, 11) is 1.29. The van der Waals surface area contributed by atoms with E-state index in [1.54, 1.807) is 42.5 Å². The van der Waals surface area contributed by atoms with Crippen LogP contribution in [-0.4, -0.2) is 29.2 Å². The van der Waals surface area contributed by atoms with Gasteiger partial charge >= 0.3 is 5.97 Å². The topological polar surface area (TPSA) is 93.2 Å². The molecule has 2 N–H and O–H groups in total. The van der Waals surface area contributed by atoms with Crippen molar-refractivity contribution in [3.8, 4) is 0 Å². The zero-order chi connectivity index (χ0) is 19.2. The van der Waals surface area contributed by atoms with Crippen molar-refractivity contribution in [2.75, 3.05) is 17.7 Å². The summed E-state index contributed by atoms with van der Waals surface area (Å²) in [5, 5.41) is 14.2. The minimum atomic E-state index is -0.484. The first-order chi connectivity index (χ1) is 13.0. The number of aromatic nitrogens is 2. The van der Waals surface area contributed by atoms with E-state index in [4.69, 9.17) is 11.6 Å². The molecule has 27 heavy (non-hydrogen) atoms. The summed E-state index contributed by atoms with van der Waals surface area (Å²) in [6.45, 7) is 0.